The predicted molar refractivity (Wildman–Crippen MR) is 154 cm³/mol. The predicted octanol–water partition coefficient (Wildman–Crippen LogP) is 7.95. The minimum Gasteiger partial charge on any atom is -0.350 e. The molecule has 0 atom stereocenters. The number of nitrogens with zero attached hydrogens (tertiary/aromatic N) is 4. The van der Waals surface area contributed by atoms with Crippen LogP contribution in [0.5, 0.6) is 0 Å². The number of rotatable bonds is 7. The van der Waals surface area contributed by atoms with Crippen LogP contribution in [0.3, 0.4) is 0 Å². The van der Waals surface area contributed by atoms with Crippen LogP contribution in [-0.4, -0.2) is 19.5 Å². The van der Waals surface area contributed by atoms with Gasteiger partial charge in [0.2, 0.25) is 5.95 Å². The Morgan fingerprint density at radius 2 is 1.22 bits per heavy atom. The molecule has 0 unspecified atom stereocenters. The number of hydrogen-bond acceptors (Lipinski definition) is 4. The van der Waals surface area contributed by atoms with Crippen molar-refractivity contribution in [3.63, 3.8) is 0 Å². The van der Waals surface area contributed by atoms with E-state index in [1.54, 1.807) is 12.4 Å². The van der Waals surface area contributed by atoms with E-state index in [1.165, 1.54) is 6.07 Å². The first-order valence-corrected chi connectivity index (χ1v) is 13.2. The first kappa shape index (κ1) is 26.5. The smallest absolute Gasteiger partial charge is 0.350 e. The van der Waals surface area contributed by atoms with E-state index in [0.717, 1.165) is 28.8 Å². The number of hydrogen-bond donors (Lipinski definition) is 1. The molecule has 1 N–H and O–H groups in total. The molecule has 2 heterocycles. The van der Waals surface area contributed by atoms with Gasteiger partial charge >= 0.3 is 6.18 Å². The van der Waals surface area contributed by atoms with Gasteiger partial charge in [-0.3, -0.25) is 4.57 Å². The van der Waals surface area contributed by atoms with Gasteiger partial charge in [0.15, 0.2) is 10.8 Å². The quantitative estimate of drug-likeness (QED) is 0.157. The molecule has 0 spiro atoms. The minimum absolute atomic E-state index is 0.0705. The van der Waals surface area contributed by atoms with Gasteiger partial charge < -0.3 is 5.32 Å². The highest BCUT2D eigenvalue weighted by molar-refractivity contribution is 6.33. The zero-order valence-electron chi connectivity index (χ0n) is 21.6. The van der Waals surface area contributed by atoms with Gasteiger partial charge in [-0.1, -0.05) is 115 Å². The van der Waals surface area contributed by atoms with Crippen molar-refractivity contribution in [2.45, 2.75) is 18.3 Å². The molecule has 0 saturated carbocycles. The zero-order chi connectivity index (χ0) is 28.5. The van der Waals surface area contributed by atoms with Gasteiger partial charge in [0.1, 0.15) is 11.1 Å². The molecule has 0 fully saturated rings. The summed E-state index contributed by atoms with van der Waals surface area (Å²) in [7, 11) is 0. The highest BCUT2D eigenvalue weighted by atomic mass is 35.5. The van der Waals surface area contributed by atoms with Gasteiger partial charge in [-0.05, 0) is 34.4 Å². The molecule has 0 amide bonds. The van der Waals surface area contributed by atoms with Crippen LogP contribution >= 0.6 is 11.6 Å². The van der Waals surface area contributed by atoms with Crippen molar-refractivity contribution in [2.24, 2.45) is 0 Å². The molecule has 0 aliphatic rings. The molecule has 0 aliphatic carbocycles. The first-order valence-electron chi connectivity index (χ1n) is 12.8. The lowest BCUT2D eigenvalue weighted by Crippen LogP contribution is -2.37. The minimum atomic E-state index is -4.43. The van der Waals surface area contributed by atoms with Crippen LogP contribution in [0.1, 0.15) is 27.8 Å². The number of benzene rings is 4. The van der Waals surface area contributed by atoms with Crippen molar-refractivity contribution in [1.82, 2.24) is 19.5 Å². The second-order valence-electron chi connectivity index (χ2n) is 9.48. The Bertz CT molecular complexity index is 1690. The van der Waals surface area contributed by atoms with E-state index in [-0.39, 0.29) is 17.6 Å². The summed E-state index contributed by atoms with van der Waals surface area (Å²) in [5.41, 5.74) is 2.63. The summed E-state index contributed by atoms with van der Waals surface area (Å²) in [6, 6.07) is 35.3. The van der Waals surface area contributed by atoms with E-state index in [0.29, 0.717) is 16.7 Å². The van der Waals surface area contributed by atoms with Crippen molar-refractivity contribution >= 4 is 28.7 Å². The van der Waals surface area contributed by atoms with Crippen molar-refractivity contribution in [1.29, 1.82) is 0 Å². The largest absolute Gasteiger partial charge is 0.416 e. The maximum atomic E-state index is 13.2. The van der Waals surface area contributed by atoms with Crippen LogP contribution in [0.25, 0.3) is 11.2 Å². The first-order chi connectivity index (χ1) is 19.9. The molecule has 0 aliphatic heterocycles. The van der Waals surface area contributed by atoms with E-state index in [4.69, 9.17) is 16.6 Å². The van der Waals surface area contributed by atoms with Crippen LogP contribution in [-0.2, 0) is 18.3 Å². The molecule has 0 bridgehead atoms. The van der Waals surface area contributed by atoms with Gasteiger partial charge in [0, 0.05) is 6.54 Å². The van der Waals surface area contributed by atoms with E-state index in [9.17, 15) is 13.2 Å². The fourth-order valence-corrected chi connectivity index (χ4v) is 5.40. The third-order valence-electron chi connectivity index (χ3n) is 6.99. The third-order valence-corrected chi connectivity index (χ3v) is 7.26. The third kappa shape index (κ3) is 4.91. The Morgan fingerprint density at radius 1 is 0.683 bits per heavy atom. The van der Waals surface area contributed by atoms with E-state index in [2.05, 4.69) is 51.7 Å². The van der Waals surface area contributed by atoms with Crippen LogP contribution < -0.4 is 5.32 Å². The number of fused-ring (bicyclic) bond motifs is 1. The van der Waals surface area contributed by atoms with Gasteiger partial charge in [-0.15, -0.1) is 0 Å². The summed E-state index contributed by atoms with van der Waals surface area (Å²) in [6.07, 6.45) is -2.73. The van der Waals surface area contributed by atoms with Crippen molar-refractivity contribution in [3.05, 3.63) is 155 Å². The van der Waals surface area contributed by atoms with E-state index < -0.39 is 17.3 Å². The Balaban J connectivity index is 1.52. The summed E-state index contributed by atoms with van der Waals surface area (Å²) < 4.78 is 41.7. The number of halogens is 4. The van der Waals surface area contributed by atoms with Gasteiger partial charge in [-0.2, -0.15) is 23.1 Å². The fourth-order valence-electron chi connectivity index (χ4n) is 5.18. The molecule has 0 saturated heterocycles. The monoisotopic (exact) mass is 569 g/mol. The van der Waals surface area contributed by atoms with Crippen LogP contribution in [0, 0.1) is 0 Å². The molecular formula is C32H23ClF3N5. The number of alkyl halides is 3. The molecule has 4 aromatic carbocycles. The van der Waals surface area contributed by atoms with Crippen molar-refractivity contribution < 1.29 is 13.2 Å². The lowest BCUT2D eigenvalue weighted by atomic mass is 9.76. The fraction of sp³-hybridized carbons (Fsp3) is 0.0938. The van der Waals surface area contributed by atoms with Crippen LogP contribution in [0.15, 0.2) is 122 Å². The van der Waals surface area contributed by atoms with Gasteiger partial charge in [-0.25, -0.2) is 4.98 Å². The summed E-state index contributed by atoms with van der Waals surface area (Å²) in [5, 5.41) is 3.17. The Morgan fingerprint density at radius 3 is 1.76 bits per heavy atom. The van der Waals surface area contributed by atoms with Crippen molar-refractivity contribution in [2.75, 3.05) is 5.32 Å². The van der Waals surface area contributed by atoms with Crippen molar-refractivity contribution in [3.8, 4) is 0 Å². The second kappa shape index (κ2) is 10.7. The molecule has 5 nitrogen and oxygen atoms in total. The molecule has 41 heavy (non-hydrogen) atoms. The van der Waals surface area contributed by atoms with Crippen LogP contribution in [0.2, 0.25) is 5.15 Å². The maximum absolute atomic E-state index is 13.2. The van der Waals surface area contributed by atoms with Gasteiger partial charge in [0.25, 0.3) is 0 Å². The highest BCUT2D eigenvalue weighted by Crippen LogP contribution is 2.42. The Kier molecular flexibility index (Phi) is 6.93. The molecular weight excluding hydrogens is 547 g/mol. The summed E-state index contributed by atoms with van der Waals surface area (Å²) in [4.78, 5) is 13.8. The number of aromatic nitrogens is 4. The highest BCUT2D eigenvalue weighted by Gasteiger charge is 2.40. The molecule has 0 radical (unpaired) electrons. The molecule has 6 aromatic rings. The molecule has 2 aromatic heterocycles. The van der Waals surface area contributed by atoms with Gasteiger partial charge in [0.05, 0.1) is 11.9 Å². The summed E-state index contributed by atoms with van der Waals surface area (Å²) >= 11 is 6.61. The Hall–Kier alpha value is -4.69. The maximum Gasteiger partial charge on any atom is 0.416 e. The summed E-state index contributed by atoms with van der Waals surface area (Å²) in [5.74, 6) is 0.171. The van der Waals surface area contributed by atoms with E-state index >= 15 is 0 Å². The Labute approximate surface area is 239 Å². The number of imidazole rings is 1. The normalized spacial score (nSPS) is 12.0. The lowest BCUT2D eigenvalue weighted by molar-refractivity contribution is -0.137. The SMILES string of the molecule is FC(F)(F)c1cccc(CNc2nc(Cl)c3ncn(C(c4ccccc4)(c4ccccc4)c4ccccc4)c3n2)c1. The molecule has 9 heteroatoms. The second-order valence-corrected chi connectivity index (χ2v) is 9.84. The average Bonchev–Trinajstić information content (AvgIpc) is 3.43. The van der Waals surface area contributed by atoms with Crippen LogP contribution in [0.4, 0.5) is 19.1 Å². The standard InChI is InChI=1S/C32H23ClF3N5/c33-28-27-29(40-30(39-28)37-20-22-11-10-18-26(19-22)32(34,35)36)41(21-38-27)31(23-12-4-1-5-13-23,24-14-6-2-7-15-24)25-16-8-3-9-17-25/h1-19,21H,20H2,(H,37,39,40). The summed E-state index contributed by atoms with van der Waals surface area (Å²) in [6.45, 7) is 0.0705. The molecule has 6 rings (SSSR count). The average molecular weight is 570 g/mol. The lowest BCUT2D eigenvalue weighted by Gasteiger charge is -2.37. The van der Waals surface area contributed by atoms with E-state index in [1.807, 2.05) is 59.2 Å². The topological polar surface area (TPSA) is 55.6 Å². The number of nitrogens with one attached hydrogen (secondary N) is 1. The zero-order valence-corrected chi connectivity index (χ0v) is 22.3. The number of anilines is 1. The molecule has 204 valence electrons.